The Bertz CT molecular complexity index is 339. The summed E-state index contributed by atoms with van der Waals surface area (Å²) in [6.45, 7) is 6.50. The summed E-state index contributed by atoms with van der Waals surface area (Å²) in [5.41, 5.74) is 2.78. The molecule has 18 heavy (non-hydrogen) atoms. The molecule has 3 N–H and O–H groups in total. The average Bonchev–Trinajstić information content (AvgIpc) is 2.87. The summed E-state index contributed by atoms with van der Waals surface area (Å²) in [5.74, 6) is 5.75. The van der Waals surface area contributed by atoms with Gasteiger partial charge in [0.1, 0.15) is 0 Å². The predicted molar refractivity (Wildman–Crippen MR) is 78.8 cm³/mol. The highest BCUT2D eigenvalue weighted by Gasteiger charge is 2.35. The van der Waals surface area contributed by atoms with E-state index < -0.39 is 0 Å². The van der Waals surface area contributed by atoms with Crippen molar-refractivity contribution in [3.63, 3.8) is 0 Å². The van der Waals surface area contributed by atoms with E-state index in [2.05, 4.69) is 38.3 Å². The van der Waals surface area contributed by atoms with Crippen LogP contribution < -0.4 is 11.3 Å². The van der Waals surface area contributed by atoms with Gasteiger partial charge in [-0.2, -0.15) is 0 Å². The van der Waals surface area contributed by atoms with Crippen molar-refractivity contribution in [1.82, 2.24) is 5.43 Å². The number of hydrogen-bond acceptors (Lipinski definition) is 4. The normalized spacial score (nSPS) is 13.8. The summed E-state index contributed by atoms with van der Waals surface area (Å²) >= 11 is 1.87. The SMILES string of the molecule is CCc1ccc(CC(NN)C(CC)(CC)OC)s1. The van der Waals surface area contributed by atoms with E-state index in [0.29, 0.717) is 0 Å². The van der Waals surface area contributed by atoms with E-state index in [-0.39, 0.29) is 11.6 Å². The fourth-order valence-corrected chi connectivity index (χ4v) is 3.50. The fourth-order valence-electron chi connectivity index (χ4n) is 2.49. The third-order valence-corrected chi connectivity index (χ3v) is 5.16. The Morgan fingerprint density at radius 1 is 1.28 bits per heavy atom. The molecular formula is C14H26N2OS. The first-order valence-corrected chi connectivity index (χ1v) is 7.56. The van der Waals surface area contributed by atoms with Crippen molar-refractivity contribution in [2.75, 3.05) is 7.11 Å². The van der Waals surface area contributed by atoms with E-state index in [1.807, 2.05) is 11.3 Å². The standard InChI is InChI=1S/C14H26N2OS/c1-5-11-8-9-12(18-11)10-13(16-15)14(6-2,7-3)17-4/h8-9,13,16H,5-7,10,15H2,1-4H3. The van der Waals surface area contributed by atoms with E-state index in [0.717, 1.165) is 25.7 Å². The zero-order valence-electron chi connectivity index (χ0n) is 12.0. The molecule has 0 saturated carbocycles. The predicted octanol–water partition coefficient (Wildman–Crippen LogP) is 2.89. The lowest BCUT2D eigenvalue weighted by Crippen LogP contribution is -2.55. The van der Waals surface area contributed by atoms with E-state index >= 15 is 0 Å². The number of nitrogens with one attached hydrogen (secondary N) is 1. The van der Waals surface area contributed by atoms with Gasteiger partial charge >= 0.3 is 0 Å². The third kappa shape index (κ3) is 3.32. The molecule has 0 aromatic carbocycles. The molecule has 1 aromatic rings. The van der Waals surface area contributed by atoms with Gasteiger partial charge in [-0.1, -0.05) is 20.8 Å². The van der Waals surface area contributed by atoms with Crippen LogP contribution >= 0.6 is 11.3 Å². The zero-order chi connectivity index (χ0) is 13.6. The van der Waals surface area contributed by atoms with Gasteiger partial charge in [0.05, 0.1) is 11.6 Å². The molecule has 0 bridgehead atoms. The molecule has 0 aliphatic carbocycles. The van der Waals surface area contributed by atoms with Crippen LogP contribution in [-0.2, 0) is 17.6 Å². The van der Waals surface area contributed by atoms with Gasteiger partial charge in [-0.3, -0.25) is 11.3 Å². The molecular weight excluding hydrogens is 244 g/mol. The molecule has 0 aliphatic heterocycles. The molecule has 0 radical (unpaired) electrons. The van der Waals surface area contributed by atoms with Crippen LogP contribution in [0.3, 0.4) is 0 Å². The van der Waals surface area contributed by atoms with Gasteiger partial charge in [-0.15, -0.1) is 11.3 Å². The molecule has 0 spiro atoms. The van der Waals surface area contributed by atoms with Crippen LogP contribution in [-0.4, -0.2) is 18.8 Å². The zero-order valence-corrected chi connectivity index (χ0v) is 12.8. The van der Waals surface area contributed by atoms with Gasteiger partial charge in [0, 0.05) is 23.3 Å². The molecule has 1 heterocycles. The van der Waals surface area contributed by atoms with Gasteiger partial charge in [0.2, 0.25) is 0 Å². The van der Waals surface area contributed by atoms with Crippen molar-refractivity contribution in [2.24, 2.45) is 5.84 Å². The number of aryl methyl sites for hydroxylation is 1. The van der Waals surface area contributed by atoms with Crippen LogP contribution in [0.1, 0.15) is 43.4 Å². The number of methoxy groups -OCH3 is 1. The monoisotopic (exact) mass is 270 g/mol. The van der Waals surface area contributed by atoms with Crippen molar-refractivity contribution < 1.29 is 4.74 Å². The fraction of sp³-hybridized carbons (Fsp3) is 0.714. The summed E-state index contributed by atoms with van der Waals surface area (Å²) < 4.78 is 5.76. The first-order chi connectivity index (χ1) is 8.65. The van der Waals surface area contributed by atoms with Gasteiger partial charge in [0.25, 0.3) is 0 Å². The summed E-state index contributed by atoms with van der Waals surface area (Å²) in [6.07, 6.45) is 3.95. The van der Waals surface area contributed by atoms with Crippen molar-refractivity contribution in [2.45, 2.75) is 58.1 Å². The molecule has 1 rings (SSSR count). The Morgan fingerprint density at radius 2 is 1.89 bits per heavy atom. The Morgan fingerprint density at radius 3 is 2.28 bits per heavy atom. The first kappa shape index (κ1) is 15.6. The van der Waals surface area contributed by atoms with Crippen LogP contribution in [0, 0.1) is 0 Å². The molecule has 0 aliphatic rings. The minimum Gasteiger partial charge on any atom is -0.377 e. The largest absolute Gasteiger partial charge is 0.377 e. The van der Waals surface area contributed by atoms with Crippen molar-refractivity contribution in [3.05, 3.63) is 21.9 Å². The molecule has 4 heteroatoms. The molecule has 0 amide bonds. The van der Waals surface area contributed by atoms with Crippen molar-refractivity contribution in [3.8, 4) is 0 Å². The lowest BCUT2D eigenvalue weighted by molar-refractivity contribution is -0.0471. The van der Waals surface area contributed by atoms with Crippen LogP contribution in [0.2, 0.25) is 0 Å². The van der Waals surface area contributed by atoms with Gasteiger partial charge < -0.3 is 4.74 Å². The second-order valence-corrected chi connectivity index (χ2v) is 5.87. The highest BCUT2D eigenvalue weighted by Crippen LogP contribution is 2.28. The number of nitrogens with two attached hydrogens (primary N) is 1. The Labute approximate surface area is 115 Å². The smallest absolute Gasteiger partial charge is 0.0842 e. The Balaban J connectivity index is 2.82. The van der Waals surface area contributed by atoms with E-state index in [1.54, 1.807) is 7.11 Å². The summed E-state index contributed by atoms with van der Waals surface area (Å²) in [5, 5.41) is 0. The minimum absolute atomic E-state index is 0.154. The van der Waals surface area contributed by atoms with Gasteiger partial charge in [-0.05, 0) is 31.4 Å². The summed E-state index contributed by atoms with van der Waals surface area (Å²) in [7, 11) is 1.78. The number of thiophene rings is 1. The van der Waals surface area contributed by atoms with E-state index in [1.165, 1.54) is 9.75 Å². The number of hydrazine groups is 1. The maximum absolute atomic E-state index is 5.76. The topological polar surface area (TPSA) is 47.3 Å². The van der Waals surface area contributed by atoms with Crippen LogP contribution in [0.5, 0.6) is 0 Å². The number of hydrogen-bond donors (Lipinski definition) is 2. The minimum atomic E-state index is -0.175. The molecule has 1 aromatic heterocycles. The van der Waals surface area contributed by atoms with Crippen molar-refractivity contribution in [1.29, 1.82) is 0 Å². The highest BCUT2D eigenvalue weighted by molar-refractivity contribution is 7.11. The Kier molecular flexibility index (Phi) is 6.29. The number of rotatable bonds is 8. The Hall–Kier alpha value is -0.420. The summed E-state index contributed by atoms with van der Waals surface area (Å²) in [4.78, 5) is 2.80. The van der Waals surface area contributed by atoms with Gasteiger partial charge in [-0.25, -0.2) is 0 Å². The molecule has 1 unspecified atom stereocenters. The summed E-state index contributed by atoms with van der Waals surface area (Å²) in [6, 6.07) is 4.57. The molecule has 3 nitrogen and oxygen atoms in total. The first-order valence-electron chi connectivity index (χ1n) is 6.74. The average molecular weight is 270 g/mol. The van der Waals surface area contributed by atoms with Crippen LogP contribution in [0.15, 0.2) is 12.1 Å². The van der Waals surface area contributed by atoms with E-state index in [4.69, 9.17) is 10.6 Å². The highest BCUT2D eigenvalue weighted by atomic mass is 32.1. The quantitative estimate of drug-likeness (QED) is 0.564. The van der Waals surface area contributed by atoms with Gasteiger partial charge in [0.15, 0.2) is 0 Å². The second kappa shape index (κ2) is 7.24. The molecule has 0 saturated heterocycles. The van der Waals surface area contributed by atoms with E-state index in [9.17, 15) is 0 Å². The molecule has 0 fully saturated rings. The molecule has 104 valence electrons. The lowest BCUT2D eigenvalue weighted by atomic mass is 9.86. The van der Waals surface area contributed by atoms with Crippen molar-refractivity contribution >= 4 is 11.3 Å². The van der Waals surface area contributed by atoms with Crippen LogP contribution in [0.25, 0.3) is 0 Å². The number of ether oxygens (including phenoxy) is 1. The maximum Gasteiger partial charge on any atom is 0.0842 e. The third-order valence-electron chi connectivity index (χ3n) is 3.91. The molecule has 1 atom stereocenters. The second-order valence-electron chi connectivity index (χ2n) is 4.62. The van der Waals surface area contributed by atoms with Crippen LogP contribution in [0.4, 0.5) is 0 Å². The maximum atomic E-state index is 5.76. The lowest BCUT2D eigenvalue weighted by Gasteiger charge is -2.38.